The van der Waals surface area contributed by atoms with Crippen LogP contribution in [0.5, 0.6) is 11.5 Å². The van der Waals surface area contributed by atoms with Gasteiger partial charge in [-0.15, -0.1) is 5.10 Å². The summed E-state index contributed by atoms with van der Waals surface area (Å²) in [6.45, 7) is 0. The average Bonchev–Trinajstić information content (AvgIpc) is 3.35. The van der Waals surface area contributed by atoms with E-state index < -0.39 is 11.9 Å². The fourth-order valence-electron chi connectivity index (χ4n) is 3.00. The lowest BCUT2D eigenvalue weighted by atomic mass is 10.1. The summed E-state index contributed by atoms with van der Waals surface area (Å²) in [5.74, 6) is -0.170. The molecule has 0 aliphatic carbocycles. The Morgan fingerprint density at radius 2 is 1.80 bits per heavy atom. The van der Waals surface area contributed by atoms with E-state index >= 15 is 0 Å². The number of benzene rings is 2. The molecule has 1 amide bonds. The van der Waals surface area contributed by atoms with Gasteiger partial charge in [0.1, 0.15) is 16.4 Å². The third-order valence-electron chi connectivity index (χ3n) is 4.38. The highest BCUT2D eigenvalue weighted by Gasteiger charge is 2.31. The highest BCUT2D eigenvalue weighted by molar-refractivity contribution is 8.04. The van der Waals surface area contributed by atoms with Crippen molar-refractivity contribution in [3.63, 3.8) is 0 Å². The number of aliphatic carboxylic acids is 1. The average molecular weight is 424 g/mol. The molecule has 0 saturated carbocycles. The standard InChI is InChI=1S/C20H16N4O5S/c1-28-11-7-10(8-12(9-11)29-2)17-22-20(24-23-17)30-16(19(26)27)15-13-5-3-4-6-14(13)21-18(15)25/h3-9H,1-2H3,(H,21,25)(H,26,27)(H,22,23,24)/b16-15+. The first-order chi connectivity index (χ1) is 14.5. The van der Waals surface area contributed by atoms with Crippen LogP contribution in [0.4, 0.5) is 5.69 Å². The molecule has 3 aromatic rings. The quantitative estimate of drug-likeness (QED) is 0.407. The van der Waals surface area contributed by atoms with Crippen LogP contribution in [-0.2, 0) is 9.59 Å². The number of H-pyrrole nitrogens is 1. The fourth-order valence-corrected chi connectivity index (χ4v) is 3.80. The van der Waals surface area contributed by atoms with E-state index in [0.29, 0.717) is 34.1 Å². The number of amides is 1. The van der Waals surface area contributed by atoms with Crippen LogP contribution in [0, 0.1) is 0 Å². The first-order valence-electron chi connectivity index (χ1n) is 8.72. The van der Waals surface area contributed by atoms with Gasteiger partial charge in [0.2, 0.25) is 5.16 Å². The zero-order valence-corrected chi connectivity index (χ0v) is 16.7. The van der Waals surface area contributed by atoms with E-state index in [1.165, 1.54) is 14.2 Å². The number of carbonyl (C=O) groups is 2. The molecular weight excluding hydrogens is 408 g/mol. The zero-order chi connectivity index (χ0) is 21.3. The first kappa shape index (κ1) is 19.5. The smallest absolute Gasteiger partial charge is 0.343 e. The number of thioether (sulfide) groups is 1. The number of aromatic amines is 1. The molecule has 0 fully saturated rings. The lowest BCUT2D eigenvalue weighted by molar-refractivity contribution is -0.131. The van der Waals surface area contributed by atoms with Crippen molar-refractivity contribution >= 4 is 34.9 Å². The van der Waals surface area contributed by atoms with Gasteiger partial charge < -0.3 is 19.9 Å². The van der Waals surface area contributed by atoms with E-state index in [0.717, 1.165) is 11.8 Å². The van der Waals surface area contributed by atoms with Crippen LogP contribution in [0.25, 0.3) is 17.0 Å². The van der Waals surface area contributed by atoms with Crippen LogP contribution in [0.3, 0.4) is 0 Å². The number of aromatic nitrogens is 3. The molecule has 1 aliphatic heterocycles. The molecule has 0 unspecified atom stereocenters. The van der Waals surface area contributed by atoms with Gasteiger partial charge in [-0.25, -0.2) is 9.78 Å². The monoisotopic (exact) mass is 424 g/mol. The molecule has 1 aliphatic rings. The molecule has 30 heavy (non-hydrogen) atoms. The summed E-state index contributed by atoms with van der Waals surface area (Å²) in [5.41, 5.74) is 1.83. The van der Waals surface area contributed by atoms with Gasteiger partial charge in [0.15, 0.2) is 5.82 Å². The van der Waals surface area contributed by atoms with Gasteiger partial charge in [-0.05, 0) is 30.0 Å². The normalized spacial score (nSPS) is 14.1. The van der Waals surface area contributed by atoms with E-state index in [1.807, 2.05) is 0 Å². The molecular formula is C20H16N4O5S. The first-order valence-corrected chi connectivity index (χ1v) is 9.54. The van der Waals surface area contributed by atoms with Crippen molar-refractivity contribution in [2.45, 2.75) is 5.16 Å². The molecule has 3 N–H and O–H groups in total. The topological polar surface area (TPSA) is 126 Å². The van der Waals surface area contributed by atoms with Gasteiger partial charge in [-0.3, -0.25) is 9.89 Å². The minimum absolute atomic E-state index is 0.0810. The Hall–Kier alpha value is -3.79. The van der Waals surface area contributed by atoms with Crippen LogP contribution >= 0.6 is 11.8 Å². The molecule has 0 radical (unpaired) electrons. The van der Waals surface area contributed by atoms with Gasteiger partial charge in [0.25, 0.3) is 5.91 Å². The Bertz CT molecular complexity index is 1170. The second-order valence-corrected chi connectivity index (χ2v) is 7.16. The number of ether oxygens (including phenoxy) is 2. The van der Waals surface area contributed by atoms with Crippen molar-refractivity contribution in [3.8, 4) is 22.9 Å². The van der Waals surface area contributed by atoms with Crippen LogP contribution in [-0.4, -0.2) is 46.4 Å². The lowest BCUT2D eigenvalue weighted by Crippen LogP contribution is -2.09. The maximum Gasteiger partial charge on any atom is 0.343 e. The number of carbonyl (C=O) groups excluding carboxylic acids is 1. The highest BCUT2D eigenvalue weighted by Crippen LogP contribution is 2.39. The van der Waals surface area contributed by atoms with Crippen molar-refractivity contribution < 1.29 is 24.2 Å². The highest BCUT2D eigenvalue weighted by atomic mass is 32.2. The van der Waals surface area contributed by atoms with Gasteiger partial charge in [-0.2, -0.15) is 0 Å². The summed E-state index contributed by atoms with van der Waals surface area (Å²) in [7, 11) is 3.08. The largest absolute Gasteiger partial charge is 0.497 e. The van der Waals surface area contributed by atoms with Crippen molar-refractivity contribution in [1.82, 2.24) is 15.2 Å². The number of carboxylic acid groups (broad SMARTS) is 1. The Balaban J connectivity index is 1.71. The summed E-state index contributed by atoms with van der Waals surface area (Å²) in [6.07, 6.45) is 0. The number of nitrogens with zero attached hydrogens (tertiary/aromatic N) is 2. The molecule has 1 aromatic heterocycles. The number of fused-ring (bicyclic) bond motifs is 1. The Kier molecular flexibility index (Phi) is 5.15. The molecule has 4 rings (SSSR count). The number of para-hydroxylation sites is 1. The number of hydrogen-bond donors (Lipinski definition) is 3. The predicted molar refractivity (Wildman–Crippen MR) is 110 cm³/mol. The molecule has 0 spiro atoms. The maximum atomic E-state index is 12.4. The third kappa shape index (κ3) is 3.60. The maximum absolute atomic E-state index is 12.4. The minimum atomic E-state index is -1.24. The van der Waals surface area contributed by atoms with Gasteiger partial charge >= 0.3 is 5.97 Å². The Morgan fingerprint density at radius 1 is 1.10 bits per heavy atom. The zero-order valence-electron chi connectivity index (χ0n) is 15.9. The van der Waals surface area contributed by atoms with E-state index in [2.05, 4.69) is 20.5 Å². The summed E-state index contributed by atoms with van der Waals surface area (Å²) < 4.78 is 10.5. The van der Waals surface area contributed by atoms with E-state index in [1.54, 1.807) is 42.5 Å². The van der Waals surface area contributed by atoms with Crippen molar-refractivity contribution in [2.75, 3.05) is 19.5 Å². The van der Waals surface area contributed by atoms with E-state index in [4.69, 9.17) is 9.47 Å². The number of nitrogens with one attached hydrogen (secondary N) is 2. The van der Waals surface area contributed by atoms with Gasteiger partial charge in [0, 0.05) is 22.9 Å². The second-order valence-electron chi connectivity index (χ2n) is 6.18. The summed E-state index contributed by atoms with van der Waals surface area (Å²) in [6, 6.07) is 12.1. The summed E-state index contributed by atoms with van der Waals surface area (Å²) >= 11 is 0.800. The Morgan fingerprint density at radius 3 is 2.47 bits per heavy atom. The predicted octanol–water partition coefficient (Wildman–Crippen LogP) is 3.03. The molecule has 10 heteroatoms. The molecule has 9 nitrogen and oxygen atoms in total. The van der Waals surface area contributed by atoms with Crippen LogP contribution in [0.2, 0.25) is 0 Å². The fraction of sp³-hybridized carbons (Fsp3) is 0.100. The Labute approximate surface area is 175 Å². The molecule has 0 atom stereocenters. The SMILES string of the molecule is COc1cc(OC)cc(-c2nc(S/C(C(=O)O)=C3/C(=O)Nc4ccccc43)n[nH]2)c1. The van der Waals surface area contributed by atoms with E-state index in [-0.39, 0.29) is 15.6 Å². The molecule has 0 saturated heterocycles. The number of anilines is 1. The van der Waals surface area contributed by atoms with Crippen molar-refractivity contribution in [3.05, 3.63) is 52.9 Å². The number of methoxy groups -OCH3 is 2. The van der Waals surface area contributed by atoms with Gasteiger partial charge in [-0.1, -0.05) is 18.2 Å². The third-order valence-corrected chi connectivity index (χ3v) is 5.32. The number of carboxylic acids is 1. The lowest BCUT2D eigenvalue weighted by Gasteiger charge is -2.06. The molecule has 2 heterocycles. The number of rotatable bonds is 6. The molecule has 152 valence electrons. The van der Waals surface area contributed by atoms with Crippen LogP contribution in [0.1, 0.15) is 5.56 Å². The summed E-state index contributed by atoms with van der Waals surface area (Å²) in [4.78, 5) is 28.5. The molecule has 0 bridgehead atoms. The van der Waals surface area contributed by atoms with Crippen molar-refractivity contribution in [1.29, 1.82) is 0 Å². The van der Waals surface area contributed by atoms with Crippen LogP contribution in [0.15, 0.2) is 52.5 Å². The number of hydrogen-bond acceptors (Lipinski definition) is 7. The van der Waals surface area contributed by atoms with Gasteiger partial charge in [0.05, 0.1) is 19.8 Å². The van der Waals surface area contributed by atoms with Crippen molar-refractivity contribution in [2.24, 2.45) is 0 Å². The van der Waals surface area contributed by atoms with Crippen LogP contribution < -0.4 is 14.8 Å². The molecule has 2 aromatic carbocycles. The minimum Gasteiger partial charge on any atom is -0.497 e. The second kappa shape index (κ2) is 7.91. The van der Waals surface area contributed by atoms with E-state index in [9.17, 15) is 14.7 Å². The summed E-state index contributed by atoms with van der Waals surface area (Å²) in [5, 5.41) is 19.5.